The highest BCUT2D eigenvalue weighted by atomic mass is 15.3. The van der Waals surface area contributed by atoms with Crippen molar-refractivity contribution >= 4 is 0 Å². The molecule has 0 nitrogen and oxygen atoms in total. The lowest BCUT2D eigenvalue weighted by Crippen LogP contribution is -3.31. The Morgan fingerprint density at radius 2 is 0.872 bits per heavy atom. The highest BCUT2D eigenvalue weighted by molar-refractivity contribution is 5.78. The molecule has 10 aliphatic carbocycles. The Balaban J connectivity index is 0.000000266. The van der Waals surface area contributed by atoms with E-state index in [4.69, 9.17) is 0 Å². The van der Waals surface area contributed by atoms with Gasteiger partial charge in [-0.2, -0.15) is 0 Å². The van der Waals surface area contributed by atoms with Crippen molar-refractivity contribution in [2.75, 3.05) is 0 Å². The van der Waals surface area contributed by atoms with Crippen LogP contribution in [0, 0.1) is 95.6 Å². The van der Waals surface area contributed by atoms with Crippen molar-refractivity contribution in [3.8, 4) is 0 Å². The first-order valence-corrected chi connectivity index (χ1v) is 18.4. The normalized spacial score (nSPS) is 68.4. The van der Waals surface area contributed by atoms with Crippen molar-refractivity contribution < 1.29 is 0 Å². The van der Waals surface area contributed by atoms with E-state index in [2.05, 4.69) is 62.3 Å². The van der Waals surface area contributed by atoms with Crippen LogP contribution in [-0.2, 0) is 0 Å². The summed E-state index contributed by atoms with van der Waals surface area (Å²) in [5, 5.41) is 0. The summed E-state index contributed by atoms with van der Waals surface area (Å²) in [5.41, 5.74) is 7.01. The molecule has 0 unspecified atom stereocenters. The Bertz CT molecular complexity index is 1040. The minimum Gasteiger partial charge on any atom is -0.0683 e. The van der Waals surface area contributed by atoms with E-state index in [1.54, 1.807) is 6.42 Å². The van der Waals surface area contributed by atoms with Gasteiger partial charge in [0.25, 0.3) is 0 Å². The Labute approximate surface area is 247 Å². The zero-order chi connectivity index (χ0) is 30.7. The maximum atomic E-state index is 2.87. The lowest BCUT2D eigenvalue weighted by atomic mass is 8.69. The molecule has 0 saturated heterocycles. The van der Waals surface area contributed by atoms with Gasteiger partial charge in [0, 0.05) is 0 Å². The van der Waals surface area contributed by atoms with Gasteiger partial charge in [0.05, 0.1) is 0 Å². The standard InChI is InChI=1S/C27H36.6C2H6/c1-11-13-10-14-16-17-15-12(2)19(5)18(3,4)21(7)23(9)22(8)20(11,6)24(13,14)26(16,22)27(17,23)25(15,19)21;6*1-2/h11-17H,10H2,1-9H3;6*1-2H3/t11-,12-,13+,14+,15-,16+,17-,19-,20-,21+,22-,23+,24+,25+,26+,27-;;;;;;/m1....../s1. The summed E-state index contributed by atoms with van der Waals surface area (Å²) in [5.74, 6) is 7.77. The first-order chi connectivity index (χ1) is 18.4. The summed E-state index contributed by atoms with van der Waals surface area (Å²) < 4.78 is 0. The molecule has 10 aliphatic rings. The molecule has 0 radical (unpaired) electrons. The minimum atomic E-state index is 0.519. The second-order valence-electron chi connectivity index (χ2n) is 15.3. The second-order valence-corrected chi connectivity index (χ2v) is 15.3. The fourth-order valence-electron chi connectivity index (χ4n) is 19.7. The van der Waals surface area contributed by atoms with E-state index in [1.807, 2.05) is 83.1 Å². The van der Waals surface area contributed by atoms with Crippen LogP contribution in [0.5, 0.6) is 0 Å². The van der Waals surface area contributed by atoms with Gasteiger partial charge in [-0.3, -0.25) is 0 Å². The molecule has 39 heavy (non-hydrogen) atoms. The smallest absolute Gasteiger partial charge is 0.00570 e. The lowest BCUT2D eigenvalue weighted by molar-refractivity contribution is -0.884. The minimum absolute atomic E-state index is 0.519. The van der Waals surface area contributed by atoms with Crippen LogP contribution in [0.15, 0.2) is 0 Å². The van der Waals surface area contributed by atoms with E-state index in [-0.39, 0.29) is 0 Å². The summed E-state index contributed by atoms with van der Waals surface area (Å²) in [6.07, 6.45) is 1.64. The van der Waals surface area contributed by atoms with E-state index in [0.29, 0.717) is 32.5 Å². The van der Waals surface area contributed by atoms with Crippen LogP contribution in [0.4, 0.5) is 0 Å². The second kappa shape index (κ2) is 7.74. The highest BCUT2D eigenvalue weighted by Gasteiger charge is 3.32. The molecule has 10 saturated carbocycles. The van der Waals surface area contributed by atoms with Gasteiger partial charge in [0.1, 0.15) is 0 Å². The number of hydrogen-bond acceptors (Lipinski definition) is 0. The van der Waals surface area contributed by atoms with Gasteiger partial charge in [0.15, 0.2) is 0 Å². The predicted octanol–water partition coefficient (Wildman–Crippen LogP) is 12.0. The van der Waals surface area contributed by atoms with Crippen molar-refractivity contribution in [1.29, 1.82) is 0 Å². The third kappa shape index (κ3) is 1.47. The topological polar surface area (TPSA) is 0 Å². The molecule has 10 rings (SSSR count). The monoisotopic (exact) mass is 541 g/mol. The Kier molecular flexibility index (Phi) is 6.33. The first-order valence-electron chi connectivity index (χ1n) is 18.4. The van der Waals surface area contributed by atoms with Crippen molar-refractivity contribution in [3.63, 3.8) is 0 Å². The Hall–Kier alpha value is 0. The maximum absolute atomic E-state index is 2.87. The van der Waals surface area contributed by atoms with Crippen LogP contribution in [0.3, 0.4) is 0 Å². The van der Waals surface area contributed by atoms with Gasteiger partial charge in [-0.15, -0.1) is 0 Å². The van der Waals surface area contributed by atoms with Crippen molar-refractivity contribution in [3.05, 3.63) is 0 Å². The van der Waals surface area contributed by atoms with Gasteiger partial charge in [-0.05, 0) is 102 Å². The summed E-state index contributed by atoms with van der Waals surface area (Å²) in [4.78, 5) is 0. The lowest BCUT2D eigenvalue weighted by Gasteiger charge is -3.34. The molecule has 0 heteroatoms. The average molecular weight is 541 g/mol. The van der Waals surface area contributed by atoms with Crippen molar-refractivity contribution in [1.82, 2.24) is 0 Å². The van der Waals surface area contributed by atoms with Crippen LogP contribution in [0.25, 0.3) is 0 Å². The fourth-order valence-corrected chi connectivity index (χ4v) is 19.7. The molecule has 0 heterocycles. The first kappa shape index (κ1) is 31.9. The largest absolute Gasteiger partial charge is 0.0683 e. The molecule has 0 aromatic rings. The SMILES string of the molecule is CC.CC.CC.CC.CC.CC.C[C@@H]1[C@@H]2C[C@H]3[C@H]4[C@H]5[C@H]6[C@@H](C)[C@]7(C)C(C)(C)[C@@]8(C)[C@@]9(C)[C@@]%10(C)[C@]1(C)[C@@]32[C@]4%10[C@]59[C@]687. The van der Waals surface area contributed by atoms with E-state index in [0.717, 1.165) is 45.3 Å². The van der Waals surface area contributed by atoms with Crippen LogP contribution < -0.4 is 0 Å². The number of fused-ring (bicyclic) bond motifs is 6. The van der Waals surface area contributed by atoms with Crippen LogP contribution in [0.2, 0.25) is 0 Å². The van der Waals surface area contributed by atoms with Crippen LogP contribution >= 0.6 is 0 Å². The predicted molar refractivity (Wildman–Crippen MR) is 173 cm³/mol. The molecule has 0 aromatic carbocycles. The number of hydrogen-bond donors (Lipinski definition) is 0. The summed E-state index contributed by atoms with van der Waals surface area (Å²) in [6.45, 7) is 48.9. The molecule has 0 N–H and O–H groups in total. The molecule has 228 valence electrons. The van der Waals surface area contributed by atoms with E-state index < -0.39 is 0 Å². The van der Waals surface area contributed by atoms with Gasteiger partial charge in [0.2, 0.25) is 0 Å². The average Bonchev–Trinajstić information content (AvgIpc) is 2.98. The molecule has 0 aliphatic heterocycles. The van der Waals surface area contributed by atoms with Gasteiger partial charge in [-0.25, -0.2) is 0 Å². The summed E-state index contributed by atoms with van der Waals surface area (Å²) in [6, 6.07) is 0. The molecule has 0 bridgehead atoms. The Morgan fingerprint density at radius 1 is 0.410 bits per heavy atom. The van der Waals surface area contributed by atoms with Gasteiger partial charge >= 0.3 is 0 Å². The van der Waals surface area contributed by atoms with Crippen LogP contribution in [0.1, 0.15) is 152 Å². The zero-order valence-electron chi connectivity index (χ0n) is 30.7. The highest BCUT2D eigenvalue weighted by Crippen LogP contribution is 3.35. The molecule has 0 amide bonds. The van der Waals surface area contributed by atoms with E-state index in [9.17, 15) is 0 Å². The summed E-state index contributed by atoms with van der Waals surface area (Å²) >= 11 is 0. The third-order valence-electron chi connectivity index (χ3n) is 18.9. The molecular weight excluding hydrogens is 468 g/mol. The zero-order valence-corrected chi connectivity index (χ0v) is 30.7. The maximum Gasteiger partial charge on any atom is -0.00570 e. The van der Waals surface area contributed by atoms with Gasteiger partial charge in [-0.1, -0.05) is 145 Å². The number of rotatable bonds is 0. The van der Waals surface area contributed by atoms with E-state index >= 15 is 0 Å². The molecular formula is C39H72. The molecule has 4 spiro atoms. The quantitative estimate of drug-likeness (QED) is 0.286. The third-order valence-corrected chi connectivity index (χ3v) is 18.9. The van der Waals surface area contributed by atoms with Crippen LogP contribution in [-0.4, -0.2) is 0 Å². The van der Waals surface area contributed by atoms with Gasteiger partial charge < -0.3 is 0 Å². The van der Waals surface area contributed by atoms with E-state index in [1.165, 1.54) is 17.8 Å². The van der Waals surface area contributed by atoms with Crippen molar-refractivity contribution in [2.24, 2.45) is 95.6 Å². The summed E-state index contributed by atoms with van der Waals surface area (Å²) in [7, 11) is 0. The fraction of sp³-hybridized carbons (Fsp3) is 1.00. The molecule has 16 atom stereocenters. The molecule has 10 fully saturated rings. The molecule has 0 aromatic heterocycles. The Morgan fingerprint density at radius 3 is 1.33 bits per heavy atom. The van der Waals surface area contributed by atoms with Crippen molar-refractivity contribution in [2.45, 2.75) is 152 Å².